The average molecular weight is 472 g/mol. The summed E-state index contributed by atoms with van der Waals surface area (Å²) in [6.45, 7) is 7.92. The maximum Gasteiger partial charge on any atom is 0.332 e. The molecule has 0 amide bonds. The van der Waals surface area contributed by atoms with Crippen LogP contribution in [0, 0.1) is 24.7 Å². The van der Waals surface area contributed by atoms with Crippen LogP contribution in [0.3, 0.4) is 0 Å². The van der Waals surface area contributed by atoms with Crippen LogP contribution in [-0.4, -0.2) is 41.7 Å². The second-order valence-corrected chi connectivity index (χ2v) is 9.27. The SMILES string of the molecule is CC#CCn1c(N2CCCC(C)C2)nc2c1c(=O)n(Cc1nc(C)c3ccccc3n1)c(=O)n2C. The zero-order valence-electron chi connectivity index (χ0n) is 20.6. The number of hydrogen-bond acceptors (Lipinski definition) is 6. The number of aryl methyl sites for hydroxylation is 2. The fraction of sp³-hybridized carbons (Fsp3) is 0.423. The summed E-state index contributed by atoms with van der Waals surface area (Å²) >= 11 is 0. The van der Waals surface area contributed by atoms with Crippen LogP contribution in [0.2, 0.25) is 0 Å². The number of piperidine rings is 1. The summed E-state index contributed by atoms with van der Waals surface area (Å²) in [7, 11) is 1.65. The van der Waals surface area contributed by atoms with Crippen molar-refractivity contribution in [2.24, 2.45) is 13.0 Å². The zero-order valence-corrected chi connectivity index (χ0v) is 20.6. The molecule has 0 N–H and O–H groups in total. The molecular weight excluding hydrogens is 442 g/mol. The van der Waals surface area contributed by atoms with Crippen molar-refractivity contribution in [3.63, 3.8) is 0 Å². The van der Waals surface area contributed by atoms with Crippen LogP contribution in [0.5, 0.6) is 0 Å². The summed E-state index contributed by atoms with van der Waals surface area (Å²) in [5.41, 5.74) is 1.49. The highest BCUT2D eigenvalue weighted by molar-refractivity contribution is 5.80. The van der Waals surface area contributed by atoms with Gasteiger partial charge in [0, 0.05) is 31.2 Å². The number of hydrogen-bond donors (Lipinski definition) is 0. The van der Waals surface area contributed by atoms with Crippen molar-refractivity contribution in [2.45, 2.75) is 46.7 Å². The van der Waals surface area contributed by atoms with Gasteiger partial charge in [0.15, 0.2) is 11.2 Å². The molecule has 0 spiro atoms. The first-order chi connectivity index (χ1) is 16.9. The maximum atomic E-state index is 13.8. The van der Waals surface area contributed by atoms with Gasteiger partial charge < -0.3 is 4.90 Å². The van der Waals surface area contributed by atoms with Gasteiger partial charge in [-0.1, -0.05) is 31.0 Å². The standard InChI is InChI=1S/C26H29N7O2/c1-5-6-14-32-22-23(29-25(32)31-13-9-10-17(2)15-31)30(4)26(35)33(24(22)34)16-21-27-18(3)19-11-7-8-12-20(19)28-21/h7-8,11-12,17H,9-10,13-16H2,1-4H3. The van der Waals surface area contributed by atoms with E-state index in [0.29, 0.717) is 35.4 Å². The smallest absolute Gasteiger partial charge is 0.332 e. The molecule has 4 aromatic rings. The Labute approximate surface area is 203 Å². The molecular formula is C26H29N7O2. The maximum absolute atomic E-state index is 13.8. The van der Waals surface area contributed by atoms with Gasteiger partial charge in [-0.05, 0) is 38.7 Å². The Kier molecular flexibility index (Phi) is 5.89. The number of imidazole rings is 1. The Morgan fingerprint density at radius 2 is 1.91 bits per heavy atom. The summed E-state index contributed by atoms with van der Waals surface area (Å²) in [5.74, 6) is 7.64. The van der Waals surface area contributed by atoms with E-state index in [1.54, 1.807) is 14.0 Å². The van der Waals surface area contributed by atoms with Gasteiger partial charge in [0.2, 0.25) is 5.95 Å². The van der Waals surface area contributed by atoms with Crippen LogP contribution >= 0.6 is 0 Å². The van der Waals surface area contributed by atoms with Crippen LogP contribution < -0.4 is 16.1 Å². The Morgan fingerprint density at radius 3 is 2.69 bits per heavy atom. The van der Waals surface area contributed by atoms with E-state index in [9.17, 15) is 9.59 Å². The molecule has 35 heavy (non-hydrogen) atoms. The number of rotatable bonds is 4. The van der Waals surface area contributed by atoms with Gasteiger partial charge in [0.1, 0.15) is 5.82 Å². The Morgan fingerprint density at radius 1 is 1.11 bits per heavy atom. The van der Waals surface area contributed by atoms with Crippen molar-refractivity contribution < 1.29 is 0 Å². The fourth-order valence-corrected chi connectivity index (χ4v) is 4.93. The zero-order chi connectivity index (χ0) is 24.7. The highest BCUT2D eigenvalue weighted by Crippen LogP contribution is 2.25. The Bertz CT molecular complexity index is 1620. The molecule has 1 fully saturated rings. The minimum absolute atomic E-state index is 0.0200. The minimum atomic E-state index is -0.443. The number of nitrogens with zero attached hydrogens (tertiary/aromatic N) is 7. The van der Waals surface area contributed by atoms with Crippen LogP contribution in [0.15, 0.2) is 33.9 Å². The largest absolute Gasteiger partial charge is 0.342 e. The Balaban J connectivity index is 1.69. The summed E-state index contributed by atoms with van der Waals surface area (Å²) < 4.78 is 4.50. The van der Waals surface area contributed by atoms with E-state index in [4.69, 9.17) is 4.98 Å². The van der Waals surface area contributed by atoms with Crippen molar-refractivity contribution in [3.8, 4) is 11.8 Å². The third-order valence-corrected chi connectivity index (χ3v) is 6.71. The predicted octanol–water partition coefficient (Wildman–Crippen LogP) is 2.46. The van der Waals surface area contributed by atoms with E-state index < -0.39 is 11.2 Å². The molecule has 0 radical (unpaired) electrons. The molecule has 4 heterocycles. The van der Waals surface area contributed by atoms with Crippen molar-refractivity contribution in [3.05, 3.63) is 56.6 Å². The topological polar surface area (TPSA) is 90.8 Å². The molecule has 1 aliphatic rings. The van der Waals surface area contributed by atoms with Crippen LogP contribution in [0.25, 0.3) is 22.1 Å². The molecule has 9 nitrogen and oxygen atoms in total. The highest BCUT2D eigenvalue weighted by atomic mass is 16.2. The molecule has 5 rings (SSSR count). The predicted molar refractivity (Wildman–Crippen MR) is 137 cm³/mol. The lowest BCUT2D eigenvalue weighted by atomic mass is 10.0. The molecule has 1 aliphatic heterocycles. The minimum Gasteiger partial charge on any atom is -0.342 e. The first-order valence-corrected chi connectivity index (χ1v) is 12.0. The van der Waals surface area contributed by atoms with Gasteiger partial charge in [-0.3, -0.25) is 18.5 Å². The summed E-state index contributed by atoms with van der Waals surface area (Å²) in [4.78, 5) is 43.2. The number of benzene rings is 1. The Hall–Kier alpha value is -3.93. The van der Waals surface area contributed by atoms with Gasteiger partial charge >= 0.3 is 5.69 Å². The molecule has 180 valence electrons. The monoisotopic (exact) mass is 471 g/mol. The van der Waals surface area contributed by atoms with E-state index in [1.165, 1.54) is 15.6 Å². The second-order valence-electron chi connectivity index (χ2n) is 9.27. The van der Waals surface area contributed by atoms with E-state index >= 15 is 0 Å². The number of para-hydroxylation sites is 1. The lowest BCUT2D eigenvalue weighted by Gasteiger charge is -2.31. The molecule has 1 aromatic carbocycles. The van der Waals surface area contributed by atoms with Crippen LogP contribution in [-0.2, 0) is 20.1 Å². The van der Waals surface area contributed by atoms with Gasteiger partial charge in [-0.15, -0.1) is 5.92 Å². The van der Waals surface area contributed by atoms with Crippen molar-refractivity contribution in [1.82, 2.24) is 28.7 Å². The van der Waals surface area contributed by atoms with Crippen LogP contribution in [0.4, 0.5) is 5.95 Å². The van der Waals surface area contributed by atoms with Crippen molar-refractivity contribution in [2.75, 3.05) is 18.0 Å². The van der Waals surface area contributed by atoms with E-state index in [-0.39, 0.29) is 6.54 Å². The van der Waals surface area contributed by atoms with Crippen molar-refractivity contribution >= 4 is 28.0 Å². The van der Waals surface area contributed by atoms with E-state index in [0.717, 1.165) is 36.1 Å². The van der Waals surface area contributed by atoms with E-state index in [2.05, 4.69) is 33.6 Å². The van der Waals surface area contributed by atoms with Gasteiger partial charge in [-0.2, -0.15) is 4.98 Å². The van der Waals surface area contributed by atoms with Gasteiger partial charge in [-0.25, -0.2) is 14.8 Å². The lowest BCUT2D eigenvalue weighted by Crippen LogP contribution is -2.40. The molecule has 0 aliphatic carbocycles. The summed E-state index contributed by atoms with van der Waals surface area (Å²) in [5, 5.41) is 0.948. The average Bonchev–Trinajstić information content (AvgIpc) is 3.24. The van der Waals surface area contributed by atoms with Crippen LogP contribution in [0.1, 0.15) is 38.2 Å². The summed E-state index contributed by atoms with van der Waals surface area (Å²) in [6, 6.07) is 7.71. The fourth-order valence-electron chi connectivity index (χ4n) is 4.93. The molecule has 3 aromatic heterocycles. The highest BCUT2D eigenvalue weighted by Gasteiger charge is 2.26. The quantitative estimate of drug-likeness (QED) is 0.425. The van der Waals surface area contributed by atoms with Crippen molar-refractivity contribution in [1.29, 1.82) is 0 Å². The third-order valence-electron chi connectivity index (χ3n) is 6.71. The summed E-state index contributed by atoms with van der Waals surface area (Å²) in [6.07, 6.45) is 2.23. The molecule has 1 atom stereocenters. The molecule has 0 saturated carbocycles. The molecule has 1 saturated heterocycles. The molecule has 9 heteroatoms. The van der Waals surface area contributed by atoms with Gasteiger partial charge in [0.25, 0.3) is 5.56 Å². The molecule has 1 unspecified atom stereocenters. The molecule has 0 bridgehead atoms. The number of aromatic nitrogens is 6. The third kappa shape index (κ3) is 3.99. The number of anilines is 1. The first kappa shape index (κ1) is 22.8. The second kappa shape index (κ2) is 9.02. The number of fused-ring (bicyclic) bond motifs is 2. The lowest BCUT2D eigenvalue weighted by molar-refractivity contribution is 0.439. The van der Waals surface area contributed by atoms with Gasteiger partial charge in [0.05, 0.1) is 18.6 Å². The first-order valence-electron chi connectivity index (χ1n) is 12.0. The normalized spacial score (nSPS) is 16.0. The van der Waals surface area contributed by atoms with E-state index in [1.807, 2.05) is 35.8 Å².